The van der Waals surface area contributed by atoms with Crippen LogP contribution in [-0.2, 0) is 16.4 Å². The Balaban J connectivity index is 2.31. The van der Waals surface area contributed by atoms with Gasteiger partial charge in [0.15, 0.2) is 16.2 Å². The van der Waals surface area contributed by atoms with E-state index in [0.717, 1.165) is 12.8 Å². The average molecular weight is 244 g/mol. The highest BCUT2D eigenvalue weighted by Crippen LogP contribution is 2.34. The maximum Gasteiger partial charge on any atom is 0.181 e. The molecule has 1 fully saturated rings. The number of rotatable bonds is 3. The van der Waals surface area contributed by atoms with Crippen LogP contribution in [0.1, 0.15) is 36.0 Å². The van der Waals surface area contributed by atoms with Crippen molar-refractivity contribution in [2.45, 2.75) is 31.1 Å². The molecule has 1 aliphatic heterocycles. The minimum Gasteiger partial charge on any atom is -0.447 e. The highest BCUT2D eigenvalue weighted by Gasteiger charge is 2.34. The van der Waals surface area contributed by atoms with Gasteiger partial charge in [0.1, 0.15) is 11.0 Å². The summed E-state index contributed by atoms with van der Waals surface area (Å²) in [6.07, 6.45) is 3.66. The van der Waals surface area contributed by atoms with E-state index in [-0.39, 0.29) is 5.75 Å². The molecule has 1 aromatic rings. The summed E-state index contributed by atoms with van der Waals surface area (Å²) in [4.78, 5) is 4.05. The number of aromatic nitrogens is 1. The fourth-order valence-corrected chi connectivity index (χ4v) is 4.02. The minimum absolute atomic E-state index is 0.261. The predicted octanol–water partition coefficient (Wildman–Crippen LogP) is 1.03. The van der Waals surface area contributed by atoms with Crippen molar-refractivity contribution in [2.75, 3.05) is 12.8 Å². The van der Waals surface area contributed by atoms with Gasteiger partial charge in [-0.25, -0.2) is 13.4 Å². The highest BCUT2D eigenvalue weighted by molar-refractivity contribution is 7.91. The number of sulfone groups is 1. The van der Waals surface area contributed by atoms with Crippen molar-refractivity contribution < 1.29 is 12.8 Å². The van der Waals surface area contributed by atoms with Gasteiger partial charge in [-0.2, -0.15) is 0 Å². The van der Waals surface area contributed by atoms with Gasteiger partial charge in [0, 0.05) is 6.54 Å². The molecule has 1 aliphatic rings. The molecule has 0 saturated carbocycles. The fourth-order valence-electron chi connectivity index (χ4n) is 2.09. The summed E-state index contributed by atoms with van der Waals surface area (Å²) >= 11 is 0. The Labute approximate surface area is 95.2 Å². The molecule has 1 aromatic heterocycles. The number of hydrogen-bond donors (Lipinski definition) is 1. The Morgan fingerprint density at radius 2 is 2.38 bits per heavy atom. The van der Waals surface area contributed by atoms with Gasteiger partial charge in [0.25, 0.3) is 0 Å². The Morgan fingerprint density at radius 1 is 1.56 bits per heavy atom. The summed E-state index contributed by atoms with van der Waals surface area (Å²) in [6, 6.07) is 0. The van der Waals surface area contributed by atoms with Crippen LogP contribution in [0.4, 0.5) is 0 Å². The first kappa shape index (κ1) is 11.6. The summed E-state index contributed by atoms with van der Waals surface area (Å²) in [5.74, 6) is 0.784. The van der Waals surface area contributed by atoms with E-state index in [1.807, 2.05) is 0 Å². The molecule has 16 heavy (non-hydrogen) atoms. The van der Waals surface area contributed by atoms with Crippen molar-refractivity contribution in [2.24, 2.45) is 0 Å². The van der Waals surface area contributed by atoms with Crippen LogP contribution >= 0.6 is 0 Å². The van der Waals surface area contributed by atoms with Crippen molar-refractivity contribution in [3.8, 4) is 0 Å². The third-order valence-corrected chi connectivity index (χ3v) is 5.06. The molecule has 2 rings (SSSR count). The Morgan fingerprint density at radius 3 is 3.06 bits per heavy atom. The van der Waals surface area contributed by atoms with Crippen LogP contribution < -0.4 is 5.32 Å². The van der Waals surface area contributed by atoms with E-state index < -0.39 is 15.1 Å². The van der Waals surface area contributed by atoms with Gasteiger partial charge >= 0.3 is 0 Å². The maximum atomic E-state index is 11.9. The van der Waals surface area contributed by atoms with Crippen molar-refractivity contribution in [3.05, 3.63) is 17.8 Å². The lowest BCUT2D eigenvalue weighted by Gasteiger charge is -2.20. The number of nitrogens with zero attached hydrogens (tertiary/aromatic N) is 1. The lowest BCUT2D eigenvalue weighted by Crippen LogP contribution is -2.23. The van der Waals surface area contributed by atoms with Gasteiger partial charge in [0.05, 0.1) is 11.4 Å². The maximum absolute atomic E-state index is 11.9. The average Bonchev–Trinajstić information content (AvgIpc) is 2.66. The van der Waals surface area contributed by atoms with Crippen molar-refractivity contribution >= 4 is 9.84 Å². The number of hydrogen-bond acceptors (Lipinski definition) is 5. The zero-order valence-corrected chi connectivity index (χ0v) is 10.1. The molecule has 0 spiro atoms. The van der Waals surface area contributed by atoms with E-state index >= 15 is 0 Å². The first-order chi connectivity index (χ1) is 7.65. The molecule has 1 saturated heterocycles. The number of nitrogens with one attached hydrogen (secondary N) is 1. The molecular formula is C10H16N2O3S. The van der Waals surface area contributed by atoms with Gasteiger partial charge in [-0.1, -0.05) is 6.42 Å². The molecule has 6 heteroatoms. The van der Waals surface area contributed by atoms with Gasteiger partial charge in [-0.3, -0.25) is 0 Å². The molecule has 0 radical (unpaired) electrons. The van der Waals surface area contributed by atoms with Crippen LogP contribution in [0.5, 0.6) is 0 Å². The first-order valence-corrected chi connectivity index (χ1v) is 7.15. The summed E-state index contributed by atoms with van der Waals surface area (Å²) < 4.78 is 29.1. The summed E-state index contributed by atoms with van der Waals surface area (Å²) in [6.45, 7) is 0.540. The lowest BCUT2D eigenvalue weighted by atomic mass is 10.1. The molecule has 0 bridgehead atoms. The lowest BCUT2D eigenvalue weighted by molar-refractivity contribution is 0.458. The zero-order chi connectivity index (χ0) is 11.6. The molecule has 0 amide bonds. The highest BCUT2D eigenvalue weighted by atomic mass is 32.2. The van der Waals surface area contributed by atoms with Crippen LogP contribution in [0, 0.1) is 0 Å². The van der Waals surface area contributed by atoms with Gasteiger partial charge in [0.2, 0.25) is 0 Å². The largest absolute Gasteiger partial charge is 0.447 e. The van der Waals surface area contributed by atoms with Gasteiger partial charge in [-0.05, 0) is 19.9 Å². The second-order valence-electron chi connectivity index (χ2n) is 4.05. The van der Waals surface area contributed by atoms with E-state index in [4.69, 9.17) is 4.42 Å². The minimum atomic E-state index is -3.05. The molecule has 5 nitrogen and oxygen atoms in total. The van der Waals surface area contributed by atoms with E-state index in [2.05, 4.69) is 10.3 Å². The van der Waals surface area contributed by atoms with Crippen molar-refractivity contribution in [1.82, 2.24) is 10.3 Å². The molecule has 0 aliphatic carbocycles. The molecule has 90 valence electrons. The zero-order valence-electron chi connectivity index (χ0n) is 9.27. The smallest absolute Gasteiger partial charge is 0.181 e. The molecule has 1 atom stereocenters. The van der Waals surface area contributed by atoms with Crippen LogP contribution in [0.3, 0.4) is 0 Å². The van der Waals surface area contributed by atoms with Crippen LogP contribution in [0.25, 0.3) is 0 Å². The SMILES string of the molecule is CNCc1ncoc1C1CCCCS1(=O)=O. The van der Waals surface area contributed by atoms with Crippen molar-refractivity contribution in [3.63, 3.8) is 0 Å². The first-order valence-electron chi connectivity index (χ1n) is 5.43. The summed E-state index contributed by atoms with van der Waals surface area (Å²) in [5, 5.41) is 2.47. The summed E-state index contributed by atoms with van der Waals surface area (Å²) in [7, 11) is -1.25. The fraction of sp³-hybridized carbons (Fsp3) is 0.700. The van der Waals surface area contributed by atoms with E-state index in [1.54, 1.807) is 7.05 Å². The van der Waals surface area contributed by atoms with Crippen molar-refractivity contribution in [1.29, 1.82) is 0 Å². The van der Waals surface area contributed by atoms with Crippen LogP contribution in [0.15, 0.2) is 10.8 Å². The van der Waals surface area contributed by atoms with E-state index in [9.17, 15) is 8.42 Å². The molecule has 1 unspecified atom stereocenters. The molecule has 1 N–H and O–H groups in total. The van der Waals surface area contributed by atoms with Crippen LogP contribution in [0.2, 0.25) is 0 Å². The Hall–Kier alpha value is -0.880. The monoisotopic (exact) mass is 244 g/mol. The molecule has 2 heterocycles. The Kier molecular flexibility index (Phi) is 3.30. The Bertz CT molecular complexity index is 452. The van der Waals surface area contributed by atoms with E-state index in [1.165, 1.54) is 6.39 Å². The van der Waals surface area contributed by atoms with E-state index in [0.29, 0.717) is 24.4 Å². The number of oxazole rings is 1. The van der Waals surface area contributed by atoms with Gasteiger partial charge < -0.3 is 9.73 Å². The third kappa shape index (κ3) is 2.12. The topological polar surface area (TPSA) is 72.2 Å². The normalized spacial score (nSPS) is 24.4. The quantitative estimate of drug-likeness (QED) is 0.860. The molecular weight excluding hydrogens is 228 g/mol. The third-order valence-electron chi connectivity index (χ3n) is 2.89. The second-order valence-corrected chi connectivity index (χ2v) is 6.35. The molecule has 0 aromatic carbocycles. The standard InChI is InChI=1S/C10H16N2O3S/c1-11-6-8-10(15-7-12-8)9-4-2-3-5-16(9,13)14/h7,9,11H,2-6H2,1H3. The van der Waals surface area contributed by atoms with Gasteiger partial charge in [-0.15, -0.1) is 0 Å². The predicted molar refractivity (Wildman–Crippen MR) is 59.6 cm³/mol. The summed E-state index contributed by atoms with van der Waals surface area (Å²) in [5.41, 5.74) is 0.706. The van der Waals surface area contributed by atoms with Crippen LogP contribution in [-0.4, -0.2) is 26.2 Å². The second kappa shape index (κ2) is 4.55.